The van der Waals surface area contributed by atoms with Crippen molar-refractivity contribution in [3.63, 3.8) is 0 Å². The molecule has 1 heterocycles. The van der Waals surface area contributed by atoms with Crippen LogP contribution in [0.15, 0.2) is 27.8 Å². The minimum atomic E-state index is -4.49. The number of aromatic nitrogens is 2. The van der Waals surface area contributed by atoms with Crippen molar-refractivity contribution in [1.82, 2.24) is 9.55 Å². The molecular weight excluding hydrogens is 249 g/mol. The number of aromatic amines is 1. The van der Waals surface area contributed by atoms with Gasteiger partial charge in [0.25, 0.3) is 0 Å². The molecule has 7 heteroatoms. The monoisotopic (exact) mass is 258 g/mol. The molecule has 4 nitrogen and oxygen atoms in total. The third-order valence-electron chi connectivity index (χ3n) is 2.62. The fourth-order valence-electron chi connectivity index (χ4n) is 1.77. The lowest BCUT2D eigenvalue weighted by Gasteiger charge is -2.10. The highest BCUT2D eigenvalue weighted by molar-refractivity contribution is 5.75. The minimum Gasteiger partial charge on any atom is -0.316 e. The van der Waals surface area contributed by atoms with Gasteiger partial charge in [-0.1, -0.05) is 0 Å². The molecule has 1 aromatic carbocycles. The van der Waals surface area contributed by atoms with E-state index in [1.54, 1.807) is 6.92 Å². The molecule has 1 aromatic heterocycles. The normalized spacial score (nSPS) is 12.0. The zero-order chi connectivity index (χ0) is 13.5. The van der Waals surface area contributed by atoms with E-state index in [1.165, 1.54) is 6.07 Å². The number of halogens is 3. The zero-order valence-corrected chi connectivity index (χ0v) is 9.34. The van der Waals surface area contributed by atoms with Crippen molar-refractivity contribution in [1.29, 1.82) is 0 Å². The number of H-pyrrole nitrogens is 1. The second-order valence-electron chi connectivity index (χ2n) is 3.73. The van der Waals surface area contributed by atoms with Gasteiger partial charge in [-0.25, -0.2) is 0 Å². The number of nitrogens with zero attached hydrogens (tertiary/aromatic N) is 1. The van der Waals surface area contributed by atoms with Gasteiger partial charge in [0.15, 0.2) is 0 Å². The molecule has 0 aliphatic rings. The average molecular weight is 258 g/mol. The Morgan fingerprint density at radius 3 is 2.50 bits per heavy atom. The van der Waals surface area contributed by atoms with Crippen LogP contribution in [0.3, 0.4) is 0 Å². The molecule has 0 aliphatic heterocycles. The molecule has 2 aromatic rings. The van der Waals surface area contributed by atoms with Gasteiger partial charge in [-0.15, -0.1) is 0 Å². The second kappa shape index (κ2) is 4.01. The SMILES string of the molecule is CCn1c(=O)c(=O)[nH]c2cc(C(F)(F)F)ccc21. The third kappa shape index (κ3) is 1.92. The summed E-state index contributed by atoms with van der Waals surface area (Å²) < 4.78 is 38.7. The molecule has 96 valence electrons. The number of aryl methyl sites for hydroxylation is 1. The van der Waals surface area contributed by atoms with E-state index >= 15 is 0 Å². The Morgan fingerprint density at radius 2 is 1.94 bits per heavy atom. The summed E-state index contributed by atoms with van der Waals surface area (Å²) in [5.74, 6) is 0. The first-order valence-corrected chi connectivity index (χ1v) is 5.18. The van der Waals surface area contributed by atoms with Crippen LogP contribution in [0.5, 0.6) is 0 Å². The molecule has 0 radical (unpaired) electrons. The van der Waals surface area contributed by atoms with E-state index in [0.29, 0.717) is 0 Å². The summed E-state index contributed by atoms with van der Waals surface area (Å²) in [6.07, 6.45) is -4.49. The predicted molar refractivity (Wildman–Crippen MR) is 59.5 cm³/mol. The molecule has 0 amide bonds. The number of hydrogen-bond acceptors (Lipinski definition) is 2. The summed E-state index contributed by atoms with van der Waals surface area (Å²) >= 11 is 0. The summed E-state index contributed by atoms with van der Waals surface area (Å²) in [6.45, 7) is 1.85. The smallest absolute Gasteiger partial charge is 0.316 e. The minimum absolute atomic E-state index is 0.00345. The van der Waals surface area contributed by atoms with Crippen molar-refractivity contribution in [3.8, 4) is 0 Å². The summed E-state index contributed by atoms with van der Waals surface area (Å²) in [5.41, 5.74) is -2.30. The van der Waals surface area contributed by atoms with Crippen LogP contribution in [0.4, 0.5) is 13.2 Å². The maximum absolute atomic E-state index is 12.5. The Hall–Kier alpha value is -2.05. The Kier molecular flexibility index (Phi) is 2.76. The van der Waals surface area contributed by atoms with E-state index < -0.39 is 22.9 Å². The molecule has 0 atom stereocenters. The highest BCUT2D eigenvalue weighted by Gasteiger charge is 2.30. The third-order valence-corrected chi connectivity index (χ3v) is 2.62. The number of benzene rings is 1. The summed E-state index contributed by atoms with van der Waals surface area (Å²) in [4.78, 5) is 25.0. The number of nitrogens with one attached hydrogen (secondary N) is 1. The van der Waals surface area contributed by atoms with Crippen LogP contribution >= 0.6 is 0 Å². The van der Waals surface area contributed by atoms with Crippen LogP contribution in [0.25, 0.3) is 11.0 Å². The lowest BCUT2D eigenvalue weighted by Crippen LogP contribution is -2.36. The number of fused-ring (bicyclic) bond motifs is 1. The van der Waals surface area contributed by atoms with Gasteiger partial charge in [-0.2, -0.15) is 13.2 Å². The topological polar surface area (TPSA) is 54.9 Å². The first kappa shape index (κ1) is 12.4. The molecule has 0 aliphatic carbocycles. The van der Waals surface area contributed by atoms with Crippen molar-refractivity contribution < 1.29 is 13.2 Å². The first-order valence-electron chi connectivity index (χ1n) is 5.18. The van der Waals surface area contributed by atoms with Gasteiger partial charge in [-0.3, -0.25) is 9.59 Å². The Bertz CT molecular complexity index is 713. The maximum Gasteiger partial charge on any atom is 0.416 e. The highest BCUT2D eigenvalue weighted by Crippen LogP contribution is 2.30. The van der Waals surface area contributed by atoms with Gasteiger partial charge in [0, 0.05) is 6.54 Å². The number of hydrogen-bond donors (Lipinski definition) is 1. The van der Waals surface area contributed by atoms with Crippen molar-refractivity contribution in [2.45, 2.75) is 19.6 Å². The number of alkyl halides is 3. The van der Waals surface area contributed by atoms with E-state index in [2.05, 4.69) is 4.98 Å². The lowest BCUT2D eigenvalue weighted by molar-refractivity contribution is -0.137. The summed E-state index contributed by atoms with van der Waals surface area (Å²) in [7, 11) is 0. The molecule has 0 unspecified atom stereocenters. The highest BCUT2D eigenvalue weighted by atomic mass is 19.4. The van der Waals surface area contributed by atoms with Gasteiger partial charge in [0.05, 0.1) is 16.6 Å². The average Bonchev–Trinajstić information content (AvgIpc) is 2.29. The molecule has 0 bridgehead atoms. The zero-order valence-electron chi connectivity index (χ0n) is 9.34. The van der Waals surface area contributed by atoms with Gasteiger partial charge in [-0.05, 0) is 25.1 Å². The number of rotatable bonds is 1. The Labute approximate surface area is 98.7 Å². The molecule has 18 heavy (non-hydrogen) atoms. The van der Waals surface area contributed by atoms with Crippen molar-refractivity contribution in [2.75, 3.05) is 0 Å². The largest absolute Gasteiger partial charge is 0.416 e. The van der Waals surface area contributed by atoms with E-state index in [4.69, 9.17) is 0 Å². The summed E-state index contributed by atoms with van der Waals surface area (Å²) in [5, 5.41) is 0. The van der Waals surface area contributed by atoms with Gasteiger partial charge < -0.3 is 9.55 Å². The molecule has 0 saturated carbocycles. The second-order valence-corrected chi connectivity index (χ2v) is 3.73. The molecule has 1 N–H and O–H groups in total. The van der Waals surface area contributed by atoms with Crippen LogP contribution < -0.4 is 11.1 Å². The molecule has 2 rings (SSSR count). The molecule has 0 saturated heterocycles. The Balaban J connectivity index is 2.85. The van der Waals surface area contributed by atoms with Crippen LogP contribution in [0.2, 0.25) is 0 Å². The van der Waals surface area contributed by atoms with Crippen LogP contribution in [-0.2, 0) is 12.7 Å². The lowest BCUT2D eigenvalue weighted by atomic mass is 10.2. The van der Waals surface area contributed by atoms with Crippen molar-refractivity contribution in [2.24, 2.45) is 0 Å². The van der Waals surface area contributed by atoms with Crippen LogP contribution in [0, 0.1) is 0 Å². The van der Waals surface area contributed by atoms with Crippen LogP contribution in [0.1, 0.15) is 12.5 Å². The maximum atomic E-state index is 12.5. The predicted octanol–water partition coefficient (Wildman–Crippen LogP) is 1.73. The van der Waals surface area contributed by atoms with Crippen LogP contribution in [-0.4, -0.2) is 9.55 Å². The fourth-order valence-corrected chi connectivity index (χ4v) is 1.77. The van der Waals surface area contributed by atoms with Crippen molar-refractivity contribution >= 4 is 11.0 Å². The molecule has 0 fully saturated rings. The molecule has 0 spiro atoms. The van der Waals surface area contributed by atoms with Crippen molar-refractivity contribution in [3.05, 3.63) is 44.5 Å². The van der Waals surface area contributed by atoms with E-state index in [0.717, 1.165) is 16.7 Å². The Morgan fingerprint density at radius 1 is 1.28 bits per heavy atom. The van der Waals surface area contributed by atoms with Gasteiger partial charge >= 0.3 is 17.3 Å². The van der Waals surface area contributed by atoms with Gasteiger partial charge in [0.1, 0.15) is 0 Å². The van der Waals surface area contributed by atoms with E-state index in [1.807, 2.05) is 0 Å². The van der Waals surface area contributed by atoms with E-state index in [-0.39, 0.29) is 17.6 Å². The molecular formula is C11H9F3N2O2. The first-order chi connectivity index (χ1) is 8.34. The van der Waals surface area contributed by atoms with Gasteiger partial charge in [0.2, 0.25) is 0 Å². The van der Waals surface area contributed by atoms with E-state index in [9.17, 15) is 22.8 Å². The summed E-state index contributed by atoms with van der Waals surface area (Å²) in [6, 6.07) is 2.88. The quantitative estimate of drug-likeness (QED) is 0.792. The fraction of sp³-hybridized carbons (Fsp3) is 0.273. The standard InChI is InChI=1S/C11H9F3N2O2/c1-2-16-8-4-3-6(11(12,13)14)5-7(8)15-9(17)10(16)18/h3-5H,2H2,1H3,(H,15,17).